The quantitative estimate of drug-likeness (QED) is 0.268. The molecule has 1 fully saturated rings. The molecule has 2 aromatic carbocycles. The molecule has 1 aromatic heterocycles. The first-order valence-corrected chi connectivity index (χ1v) is 11.5. The lowest BCUT2D eigenvalue weighted by molar-refractivity contribution is -0.384. The SMILES string of the molecule is O=C(/C=C/c1cccc([N+](=O)[O-])c1)N(CCCN1CCOCC1)c1nc2c(F)cc(F)cc2s1. The molecule has 11 heteroatoms. The van der Waals surface area contributed by atoms with Gasteiger partial charge in [0.2, 0.25) is 0 Å². The highest BCUT2D eigenvalue weighted by Gasteiger charge is 2.20. The van der Waals surface area contributed by atoms with Crippen LogP contribution < -0.4 is 4.90 Å². The molecule has 0 bridgehead atoms. The van der Waals surface area contributed by atoms with Crippen molar-refractivity contribution in [2.75, 3.05) is 44.3 Å². The molecular weight excluding hydrogens is 466 g/mol. The molecular formula is C23H22F2N4O4S. The summed E-state index contributed by atoms with van der Waals surface area (Å²) < 4.78 is 33.5. The smallest absolute Gasteiger partial charge is 0.270 e. The Morgan fingerprint density at radius 2 is 2.06 bits per heavy atom. The van der Waals surface area contributed by atoms with Gasteiger partial charge in [0.15, 0.2) is 10.9 Å². The van der Waals surface area contributed by atoms with E-state index in [-0.39, 0.29) is 16.3 Å². The van der Waals surface area contributed by atoms with Crippen LogP contribution in [0, 0.1) is 21.7 Å². The minimum absolute atomic E-state index is 0.00930. The van der Waals surface area contributed by atoms with Crippen molar-refractivity contribution in [2.24, 2.45) is 0 Å². The number of ether oxygens (including phenoxy) is 1. The first-order valence-electron chi connectivity index (χ1n) is 10.7. The number of non-ortho nitro benzene ring substituents is 1. The summed E-state index contributed by atoms with van der Waals surface area (Å²) >= 11 is 1.03. The number of carbonyl (C=O) groups is 1. The number of fused-ring (bicyclic) bond motifs is 1. The van der Waals surface area contributed by atoms with Gasteiger partial charge in [-0.05, 0) is 24.1 Å². The fourth-order valence-electron chi connectivity index (χ4n) is 3.64. The number of nitro groups is 1. The molecule has 2 heterocycles. The topological polar surface area (TPSA) is 88.8 Å². The minimum Gasteiger partial charge on any atom is -0.379 e. The Bertz CT molecular complexity index is 1230. The molecule has 1 aliphatic rings. The van der Waals surface area contributed by atoms with Crippen molar-refractivity contribution in [1.29, 1.82) is 0 Å². The predicted octanol–water partition coefficient (Wildman–Crippen LogP) is 4.25. The summed E-state index contributed by atoms with van der Waals surface area (Å²) in [5, 5.41) is 11.3. The highest BCUT2D eigenvalue weighted by atomic mass is 32.1. The first kappa shape index (κ1) is 23.9. The summed E-state index contributed by atoms with van der Waals surface area (Å²) in [7, 11) is 0. The van der Waals surface area contributed by atoms with Gasteiger partial charge in [-0.2, -0.15) is 0 Å². The van der Waals surface area contributed by atoms with E-state index in [0.717, 1.165) is 37.0 Å². The second-order valence-corrected chi connectivity index (χ2v) is 8.72. The van der Waals surface area contributed by atoms with Crippen molar-refractivity contribution in [3.8, 4) is 0 Å². The zero-order valence-corrected chi connectivity index (χ0v) is 19.0. The van der Waals surface area contributed by atoms with E-state index in [2.05, 4.69) is 9.88 Å². The molecule has 8 nitrogen and oxygen atoms in total. The Morgan fingerprint density at radius 1 is 1.26 bits per heavy atom. The summed E-state index contributed by atoms with van der Waals surface area (Å²) in [4.78, 5) is 31.5. The van der Waals surface area contributed by atoms with Crippen LogP contribution in [-0.2, 0) is 9.53 Å². The zero-order valence-electron chi connectivity index (χ0n) is 18.2. The van der Waals surface area contributed by atoms with Crippen LogP contribution in [-0.4, -0.2) is 60.1 Å². The highest BCUT2D eigenvalue weighted by Crippen LogP contribution is 2.31. The van der Waals surface area contributed by atoms with E-state index in [4.69, 9.17) is 4.74 Å². The Balaban J connectivity index is 1.56. The van der Waals surface area contributed by atoms with Crippen LogP contribution in [0.5, 0.6) is 0 Å². The van der Waals surface area contributed by atoms with Gasteiger partial charge < -0.3 is 4.74 Å². The zero-order chi connectivity index (χ0) is 24.1. The van der Waals surface area contributed by atoms with Crippen LogP contribution in [0.1, 0.15) is 12.0 Å². The summed E-state index contributed by atoms with van der Waals surface area (Å²) in [5.41, 5.74) is 0.420. The summed E-state index contributed by atoms with van der Waals surface area (Å²) in [5.74, 6) is -1.91. The molecule has 0 N–H and O–H groups in total. The molecule has 3 aromatic rings. The Kier molecular flexibility index (Phi) is 7.56. The number of thiazole rings is 1. The number of rotatable bonds is 8. The van der Waals surface area contributed by atoms with Crippen molar-refractivity contribution in [3.63, 3.8) is 0 Å². The molecule has 0 radical (unpaired) electrons. The van der Waals surface area contributed by atoms with E-state index in [0.29, 0.717) is 36.4 Å². The van der Waals surface area contributed by atoms with Crippen molar-refractivity contribution in [2.45, 2.75) is 6.42 Å². The van der Waals surface area contributed by atoms with Gasteiger partial charge in [-0.15, -0.1) is 0 Å². The number of morpholine rings is 1. The highest BCUT2D eigenvalue weighted by molar-refractivity contribution is 7.22. The number of nitrogens with zero attached hydrogens (tertiary/aromatic N) is 4. The monoisotopic (exact) mass is 488 g/mol. The van der Waals surface area contributed by atoms with Crippen LogP contribution in [0.15, 0.2) is 42.5 Å². The fraction of sp³-hybridized carbons (Fsp3) is 0.304. The van der Waals surface area contributed by atoms with Crippen molar-refractivity contribution < 1.29 is 23.2 Å². The lowest BCUT2D eigenvalue weighted by atomic mass is 10.2. The maximum atomic E-state index is 14.2. The van der Waals surface area contributed by atoms with E-state index < -0.39 is 22.5 Å². The lowest BCUT2D eigenvalue weighted by Gasteiger charge is -2.27. The number of aromatic nitrogens is 1. The molecule has 0 atom stereocenters. The van der Waals surface area contributed by atoms with Crippen LogP contribution in [0.25, 0.3) is 16.3 Å². The molecule has 178 valence electrons. The first-order chi connectivity index (χ1) is 16.4. The second-order valence-electron chi connectivity index (χ2n) is 7.71. The minimum atomic E-state index is -0.787. The maximum absolute atomic E-state index is 14.2. The summed E-state index contributed by atoms with van der Waals surface area (Å²) in [6.07, 6.45) is 3.43. The Labute approximate surface area is 198 Å². The fourth-order valence-corrected chi connectivity index (χ4v) is 4.67. The van der Waals surface area contributed by atoms with Crippen molar-refractivity contribution >= 4 is 44.4 Å². The average Bonchev–Trinajstić information content (AvgIpc) is 3.25. The Morgan fingerprint density at radius 3 is 2.82 bits per heavy atom. The average molecular weight is 489 g/mol. The van der Waals surface area contributed by atoms with Crippen molar-refractivity contribution in [3.05, 3.63) is 69.8 Å². The largest absolute Gasteiger partial charge is 0.379 e. The van der Waals surface area contributed by atoms with Gasteiger partial charge in [0.25, 0.3) is 11.6 Å². The van der Waals surface area contributed by atoms with Crippen molar-refractivity contribution in [1.82, 2.24) is 9.88 Å². The van der Waals surface area contributed by atoms with Crippen LogP contribution in [0.3, 0.4) is 0 Å². The number of halogens is 2. The molecule has 0 spiro atoms. The van der Waals surface area contributed by atoms with Gasteiger partial charge in [0.1, 0.15) is 11.3 Å². The molecule has 4 rings (SSSR count). The van der Waals surface area contributed by atoms with E-state index in [1.54, 1.807) is 6.07 Å². The van der Waals surface area contributed by atoms with Crippen LogP contribution in [0.4, 0.5) is 19.6 Å². The maximum Gasteiger partial charge on any atom is 0.270 e. The Hall–Kier alpha value is -3.28. The molecule has 0 saturated carbocycles. The number of hydrogen-bond donors (Lipinski definition) is 0. The standard InChI is InChI=1S/C23H22F2N4O4S/c24-17-14-19(25)22-20(15-17)34-23(26-22)28(8-2-7-27-9-11-33-12-10-27)21(30)6-5-16-3-1-4-18(13-16)29(31)32/h1,3-6,13-15H,2,7-12H2/b6-5+. The summed E-state index contributed by atoms with van der Waals surface area (Å²) in [6, 6.07) is 7.87. The van der Waals surface area contributed by atoms with Crippen LogP contribution >= 0.6 is 11.3 Å². The van der Waals surface area contributed by atoms with Gasteiger partial charge in [-0.3, -0.25) is 24.7 Å². The molecule has 0 aliphatic carbocycles. The molecule has 1 saturated heterocycles. The third-order valence-electron chi connectivity index (χ3n) is 5.36. The number of carbonyl (C=O) groups excluding carboxylic acids is 1. The number of benzene rings is 2. The number of hydrogen-bond acceptors (Lipinski definition) is 7. The number of amides is 1. The van der Waals surface area contributed by atoms with Gasteiger partial charge in [-0.1, -0.05) is 23.5 Å². The van der Waals surface area contributed by atoms with E-state index in [1.165, 1.54) is 41.3 Å². The van der Waals surface area contributed by atoms with E-state index >= 15 is 0 Å². The predicted molar refractivity (Wildman–Crippen MR) is 126 cm³/mol. The van der Waals surface area contributed by atoms with Gasteiger partial charge >= 0.3 is 0 Å². The van der Waals surface area contributed by atoms with Gasteiger partial charge in [0, 0.05) is 50.5 Å². The van der Waals surface area contributed by atoms with E-state index in [9.17, 15) is 23.7 Å². The van der Waals surface area contributed by atoms with Gasteiger partial charge in [0.05, 0.1) is 22.8 Å². The van der Waals surface area contributed by atoms with Crippen LogP contribution in [0.2, 0.25) is 0 Å². The summed E-state index contributed by atoms with van der Waals surface area (Å²) in [6.45, 7) is 4.02. The third kappa shape index (κ3) is 5.79. The molecule has 1 amide bonds. The number of nitro benzene ring substituents is 1. The second kappa shape index (κ2) is 10.8. The lowest BCUT2D eigenvalue weighted by Crippen LogP contribution is -2.39. The third-order valence-corrected chi connectivity index (χ3v) is 6.38. The molecule has 34 heavy (non-hydrogen) atoms. The van der Waals surface area contributed by atoms with Gasteiger partial charge in [-0.25, -0.2) is 13.8 Å². The number of anilines is 1. The molecule has 0 unspecified atom stereocenters. The molecule has 1 aliphatic heterocycles. The normalized spacial score (nSPS) is 14.6. The van der Waals surface area contributed by atoms with E-state index in [1.807, 2.05) is 0 Å².